The number of nitrogens with one attached hydrogen (secondary N) is 1. The maximum atomic E-state index is 14.9. The number of hydrogen-bond acceptors (Lipinski definition) is 5. The standard InChI is InChI=1S/C26H21FN2O4/c1-33-25(32)26(16-10-4-2-5-11-16)21-20(22(28-26)18-14-8-9-15-19(18)27)23(30)29(24(21)31)17-12-6-3-7-13-17/h2-15,20-22,28H,1H3/t20-,21-,22-,26-/m1/s1. The average Bonchev–Trinajstić information content (AvgIpc) is 3.34. The molecule has 2 heterocycles. The van der Waals surface area contributed by atoms with Crippen molar-refractivity contribution in [1.29, 1.82) is 0 Å². The Morgan fingerprint density at radius 1 is 0.909 bits per heavy atom. The fourth-order valence-corrected chi connectivity index (χ4v) is 5.17. The summed E-state index contributed by atoms with van der Waals surface area (Å²) < 4.78 is 20.1. The number of nitrogens with zero attached hydrogens (tertiary/aromatic N) is 1. The van der Waals surface area contributed by atoms with E-state index in [2.05, 4.69) is 5.32 Å². The van der Waals surface area contributed by atoms with E-state index in [-0.39, 0.29) is 5.56 Å². The molecule has 0 saturated carbocycles. The van der Waals surface area contributed by atoms with Crippen molar-refractivity contribution in [2.45, 2.75) is 11.6 Å². The zero-order chi connectivity index (χ0) is 23.2. The molecule has 2 aliphatic rings. The first-order valence-electron chi connectivity index (χ1n) is 10.6. The Morgan fingerprint density at radius 3 is 2.15 bits per heavy atom. The van der Waals surface area contributed by atoms with Gasteiger partial charge in [-0.15, -0.1) is 0 Å². The maximum absolute atomic E-state index is 14.9. The van der Waals surface area contributed by atoms with Crippen LogP contribution in [0, 0.1) is 17.7 Å². The molecule has 0 aliphatic carbocycles. The number of carbonyl (C=O) groups is 3. The minimum atomic E-state index is -1.66. The van der Waals surface area contributed by atoms with Crippen LogP contribution in [0.5, 0.6) is 0 Å². The summed E-state index contributed by atoms with van der Waals surface area (Å²) in [4.78, 5) is 42.0. The zero-order valence-electron chi connectivity index (χ0n) is 17.8. The lowest BCUT2D eigenvalue weighted by Crippen LogP contribution is -2.53. The summed E-state index contributed by atoms with van der Waals surface area (Å²) in [6.07, 6.45) is 0. The molecule has 3 aromatic rings. The molecule has 2 aliphatic heterocycles. The van der Waals surface area contributed by atoms with Gasteiger partial charge in [0, 0.05) is 11.6 Å². The Labute approximate surface area is 190 Å². The van der Waals surface area contributed by atoms with Gasteiger partial charge in [0.2, 0.25) is 11.8 Å². The lowest BCUT2D eigenvalue weighted by molar-refractivity contribution is -0.152. The highest BCUT2D eigenvalue weighted by Crippen LogP contribution is 2.54. The van der Waals surface area contributed by atoms with Crippen LogP contribution in [0.4, 0.5) is 10.1 Å². The molecule has 1 N–H and O–H groups in total. The lowest BCUT2D eigenvalue weighted by Gasteiger charge is -2.33. The summed E-state index contributed by atoms with van der Waals surface area (Å²) in [7, 11) is 1.23. The van der Waals surface area contributed by atoms with Crippen LogP contribution in [0.25, 0.3) is 0 Å². The Morgan fingerprint density at radius 2 is 1.52 bits per heavy atom. The number of rotatable bonds is 4. The topological polar surface area (TPSA) is 75.7 Å². The summed E-state index contributed by atoms with van der Waals surface area (Å²) in [5, 5.41) is 3.18. The largest absolute Gasteiger partial charge is 0.467 e. The fourth-order valence-electron chi connectivity index (χ4n) is 5.17. The molecule has 0 spiro atoms. The van der Waals surface area contributed by atoms with Gasteiger partial charge in [0.25, 0.3) is 0 Å². The number of imide groups is 1. The third kappa shape index (κ3) is 3.00. The van der Waals surface area contributed by atoms with Gasteiger partial charge in [0.15, 0.2) is 5.54 Å². The second-order valence-corrected chi connectivity index (χ2v) is 8.16. The number of anilines is 1. The van der Waals surface area contributed by atoms with Crippen LogP contribution < -0.4 is 10.2 Å². The molecule has 2 fully saturated rings. The van der Waals surface area contributed by atoms with Crippen LogP contribution in [-0.2, 0) is 24.7 Å². The lowest BCUT2D eigenvalue weighted by atomic mass is 9.75. The number of ether oxygens (including phenoxy) is 1. The summed E-state index contributed by atoms with van der Waals surface area (Å²) in [5.74, 6) is -4.38. The molecule has 166 valence electrons. The molecule has 2 amide bonds. The van der Waals surface area contributed by atoms with Gasteiger partial charge in [-0.25, -0.2) is 14.1 Å². The number of hydrogen-bond donors (Lipinski definition) is 1. The van der Waals surface area contributed by atoms with Crippen LogP contribution in [0.3, 0.4) is 0 Å². The van der Waals surface area contributed by atoms with E-state index in [1.54, 1.807) is 78.9 Å². The fraction of sp³-hybridized carbons (Fsp3) is 0.192. The van der Waals surface area contributed by atoms with E-state index in [0.29, 0.717) is 11.3 Å². The molecule has 2 saturated heterocycles. The van der Waals surface area contributed by atoms with Gasteiger partial charge in [-0.1, -0.05) is 66.7 Å². The quantitative estimate of drug-likeness (QED) is 0.494. The van der Waals surface area contributed by atoms with Gasteiger partial charge in [0.1, 0.15) is 5.82 Å². The number of benzene rings is 3. The molecule has 0 unspecified atom stereocenters. The molecule has 0 bridgehead atoms. The van der Waals surface area contributed by atoms with Crippen LogP contribution >= 0.6 is 0 Å². The maximum Gasteiger partial charge on any atom is 0.331 e. The number of amides is 2. The SMILES string of the molecule is COC(=O)[C@]1(c2ccccc2)N[C@H](c2ccccc2F)[C@@H]2C(=O)N(c3ccccc3)C(=O)[C@@H]21. The highest BCUT2D eigenvalue weighted by atomic mass is 19.1. The zero-order valence-corrected chi connectivity index (χ0v) is 17.8. The van der Waals surface area contributed by atoms with Crippen molar-refractivity contribution < 1.29 is 23.5 Å². The molecule has 7 heteroatoms. The summed E-state index contributed by atoms with van der Waals surface area (Å²) in [6.45, 7) is 0. The minimum Gasteiger partial charge on any atom is -0.467 e. The normalized spacial score (nSPS) is 26.4. The Kier molecular flexibility index (Phi) is 5.06. The number of carbonyl (C=O) groups excluding carboxylic acids is 3. The average molecular weight is 444 g/mol. The van der Waals surface area contributed by atoms with Gasteiger partial charge in [-0.2, -0.15) is 0 Å². The number of para-hydroxylation sites is 1. The highest BCUT2D eigenvalue weighted by Gasteiger charge is 2.69. The van der Waals surface area contributed by atoms with Crippen LogP contribution in [-0.4, -0.2) is 24.9 Å². The van der Waals surface area contributed by atoms with E-state index in [9.17, 15) is 18.8 Å². The molecule has 0 radical (unpaired) electrons. The summed E-state index contributed by atoms with van der Waals surface area (Å²) >= 11 is 0. The second-order valence-electron chi connectivity index (χ2n) is 8.16. The monoisotopic (exact) mass is 444 g/mol. The van der Waals surface area contributed by atoms with E-state index in [1.807, 2.05) is 0 Å². The van der Waals surface area contributed by atoms with E-state index in [1.165, 1.54) is 13.2 Å². The highest BCUT2D eigenvalue weighted by molar-refractivity contribution is 6.24. The molecule has 3 aromatic carbocycles. The molecule has 33 heavy (non-hydrogen) atoms. The predicted molar refractivity (Wildman–Crippen MR) is 118 cm³/mol. The van der Waals surface area contributed by atoms with Crippen molar-refractivity contribution in [1.82, 2.24) is 5.32 Å². The number of fused-ring (bicyclic) bond motifs is 1. The summed E-state index contributed by atoms with van der Waals surface area (Å²) in [5.41, 5.74) is -0.572. The van der Waals surface area contributed by atoms with Crippen molar-refractivity contribution in [2.24, 2.45) is 11.8 Å². The van der Waals surface area contributed by atoms with Crippen molar-refractivity contribution in [2.75, 3.05) is 12.0 Å². The number of esters is 1. The Balaban J connectivity index is 1.75. The van der Waals surface area contributed by atoms with Crippen LogP contribution in [0.15, 0.2) is 84.9 Å². The number of methoxy groups -OCH3 is 1. The van der Waals surface area contributed by atoms with Gasteiger partial charge >= 0.3 is 5.97 Å². The van der Waals surface area contributed by atoms with Gasteiger partial charge in [0.05, 0.1) is 24.6 Å². The van der Waals surface area contributed by atoms with E-state index < -0.39 is 47.0 Å². The first kappa shape index (κ1) is 21.0. The van der Waals surface area contributed by atoms with Gasteiger partial charge in [-0.3, -0.25) is 14.9 Å². The van der Waals surface area contributed by atoms with Crippen molar-refractivity contribution in [3.05, 3.63) is 102 Å². The molecular formula is C26H21FN2O4. The van der Waals surface area contributed by atoms with E-state index in [0.717, 1.165) is 4.90 Å². The summed E-state index contributed by atoms with van der Waals surface area (Å²) in [6, 6.07) is 22.4. The molecule has 0 aromatic heterocycles. The van der Waals surface area contributed by atoms with Gasteiger partial charge in [-0.05, 0) is 23.8 Å². The van der Waals surface area contributed by atoms with E-state index >= 15 is 0 Å². The Hall–Kier alpha value is -3.84. The molecule has 6 nitrogen and oxygen atoms in total. The van der Waals surface area contributed by atoms with Crippen molar-refractivity contribution >= 4 is 23.5 Å². The smallest absolute Gasteiger partial charge is 0.331 e. The van der Waals surface area contributed by atoms with Crippen molar-refractivity contribution in [3.63, 3.8) is 0 Å². The molecule has 4 atom stereocenters. The second kappa shape index (κ2) is 7.94. The van der Waals surface area contributed by atoms with E-state index in [4.69, 9.17) is 4.74 Å². The first-order chi connectivity index (χ1) is 16.0. The third-order valence-electron chi connectivity index (χ3n) is 6.55. The molecule has 5 rings (SSSR count). The third-order valence-corrected chi connectivity index (χ3v) is 6.55. The minimum absolute atomic E-state index is 0.213. The number of halogens is 1. The van der Waals surface area contributed by atoms with Crippen LogP contribution in [0.1, 0.15) is 17.2 Å². The molecular weight excluding hydrogens is 423 g/mol. The predicted octanol–water partition coefficient (Wildman–Crippen LogP) is 3.34. The van der Waals surface area contributed by atoms with Gasteiger partial charge < -0.3 is 4.74 Å². The first-order valence-corrected chi connectivity index (χ1v) is 10.6. The van der Waals surface area contributed by atoms with Crippen molar-refractivity contribution in [3.8, 4) is 0 Å². The Bertz CT molecular complexity index is 1230. The van der Waals surface area contributed by atoms with Crippen LogP contribution in [0.2, 0.25) is 0 Å².